The quantitative estimate of drug-likeness (QED) is 0.354. The van der Waals surface area contributed by atoms with Crippen molar-refractivity contribution in [2.75, 3.05) is 13.1 Å². The molecule has 0 spiro atoms. The van der Waals surface area contributed by atoms with E-state index in [9.17, 15) is 19.2 Å². The average Bonchev–Trinajstić information content (AvgIpc) is 3.17. The standard InChI is InChI=1S/C25H39N3O4.C5H10/c1-15(2)11-19(30)27-21(17-9-7-6-8-10-17)24(32)28-13-18-20(25(18,4)5)22(28)23(31)26-12-16(3)14-29;1-5-3-2-4-5/h14-15,17-18,20-22H,3,6-13H2,1-2,4-5H3,(H,26,31)(H,27,30);5H,2-4H2,1H3. The van der Waals surface area contributed by atoms with Crippen molar-refractivity contribution < 1.29 is 19.2 Å². The van der Waals surface area contributed by atoms with Gasteiger partial charge in [0.25, 0.3) is 0 Å². The Morgan fingerprint density at radius 2 is 1.68 bits per heavy atom. The predicted molar refractivity (Wildman–Crippen MR) is 145 cm³/mol. The Kier molecular flexibility index (Phi) is 9.99. The molecule has 4 rings (SSSR count). The smallest absolute Gasteiger partial charge is 0.246 e. The van der Waals surface area contributed by atoms with Crippen molar-refractivity contribution in [3.63, 3.8) is 0 Å². The number of carbonyl (C=O) groups is 4. The fourth-order valence-corrected chi connectivity index (χ4v) is 6.40. The maximum absolute atomic E-state index is 13.8. The number of fused-ring (bicyclic) bond motifs is 1. The number of nitrogens with one attached hydrogen (secondary N) is 2. The molecule has 3 amide bonds. The zero-order chi connectivity index (χ0) is 27.3. The molecule has 208 valence electrons. The van der Waals surface area contributed by atoms with Crippen LogP contribution >= 0.6 is 0 Å². The molecule has 0 bridgehead atoms. The van der Waals surface area contributed by atoms with Gasteiger partial charge in [0, 0.05) is 25.1 Å². The fourth-order valence-electron chi connectivity index (χ4n) is 6.40. The minimum atomic E-state index is -0.581. The first kappa shape index (κ1) is 29.4. The number of rotatable bonds is 9. The summed E-state index contributed by atoms with van der Waals surface area (Å²) in [5.74, 6) is 1.27. The lowest BCUT2D eigenvalue weighted by Crippen LogP contribution is -2.58. The Morgan fingerprint density at radius 1 is 1.05 bits per heavy atom. The van der Waals surface area contributed by atoms with Gasteiger partial charge < -0.3 is 15.5 Å². The van der Waals surface area contributed by atoms with E-state index in [4.69, 9.17) is 0 Å². The molecule has 7 nitrogen and oxygen atoms in total. The summed E-state index contributed by atoms with van der Waals surface area (Å²) in [7, 11) is 0. The van der Waals surface area contributed by atoms with Crippen LogP contribution in [0.5, 0.6) is 0 Å². The average molecular weight is 516 g/mol. The van der Waals surface area contributed by atoms with Crippen LogP contribution < -0.4 is 10.6 Å². The van der Waals surface area contributed by atoms with Gasteiger partial charge in [-0.3, -0.25) is 19.2 Å². The number of hydrogen-bond acceptors (Lipinski definition) is 4. The number of amides is 3. The van der Waals surface area contributed by atoms with Gasteiger partial charge in [-0.25, -0.2) is 0 Å². The third-order valence-electron chi connectivity index (χ3n) is 9.11. The topological polar surface area (TPSA) is 95.6 Å². The molecule has 37 heavy (non-hydrogen) atoms. The number of nitrogens with zero attached hydrogens (tertiary/aromatic N) is 1. The van der Waals surface area contributed by atoms with Crippen molar-refractivity contribution in [2.24, 2.45) is 35.0 Å². The van der Waals surface area contributed by atoms with Gasteiger partial charge in [-0.15, -0.1) is 0 Å². The van der Waals surface area contributed by atoms with E-state index in [2.05, 4.69) is 38.0 Å². The second-order valence-electron chi connectivity index (χ2n) is 13.0. The van der Waals surface area contributed by atoms with Crippen LogP contribution in [0.2, 0.25) is 0 Å². The van der Waals surface area contributed by atoms with Crippen molar-refractivity contribution in [1.29, 1.82) is 0 Å². The van der Waals surface area contributed by atoms with Crippen LogP contribution in [-0.4, -0.2) is 54.1 Å². The van der Waals surface area contributed by atoms with Crippen LogP contribution in [0.3, 0.4) is 0 Å². The minimum absolute atomic E-state index is 0.00167. The molecule has 0 aromatic carbocycles. The molecule has 0 aromatic heterocycles. The summed E-state index contributed by atoms with van der Waals surface area (Å²) in [5.41, 5.74) is 0.295. The summed E-state index contributed by atoms with van der Waals surface area (Å²) in [4.78, 5) is 52.1. The molecule has 4 fully saturated rings. The van der Waals surface area contributed by atoms with E-state index in [0.29, 0.717) is 24.8 Å². The third kappa shape index (κ3) is 7.23. The molecule has 3 saturated carbocycles. The van der Waals surface area contributed by atoms with Gasteiger partial charge in [0.05, 0.1) is 0 Å². The van der Waals surface area contributed by atoms with Crippen LogP contribution in [0.1, 0.15) is 92.4 Å². The number of hydrogen-bond donors (Lipinski definition) is 2. The van der Waals surface area contributed by atoms with E-state index in [0.717, 1.165) is 38.0 Å². The lowest BCUT2D eigenvalue weighted by Gasteiger charge is -2.37. The highest BCUT2D eigenvalue weighted by molar-refractivity contribution is 5.94. The number of likely N-dealkylation sites (tertiary alicyclic amines) is 1. The molecule has 1 aliphatic heterocycles. The molecule has 2 N–H and O–H groups in total. The Hall–Kier alpha value is -2.18. The van der Waals surface area contributed by atoms with Gasteiger partial charge in [-0.2, -0.15) is 0 Å². The monoisotopic (exact) mass is 515 g/mol. The van der Waals surface area contributed by atoms with Gasteiger partial charge in [0.2, 0.25) is 17.7 Å². The highest BCUT2D eigenvalue weighted by Gasteiger charge is 2.69. The van der Waals surface area contributed by atoms with E-state index < -0.39 is 12.1 Å². The van der Waals surface area contributed by atoms with Crippen LogP contribution in [-0.2, 0) is 19.2 Å². The van der Waals surface area contributed by atoms with Crippen LogP contribution in [0, 0.1) is 35.0 Å². The molecular weight excluding hydrogens is 466 g/mol. The highest BCUT2D eigenvalue weighted by atomic mass is 16.2. The van der Waals surface area contributed by atoms with Gasteiger partial charge in [0.1, 0.15) is 18.4 Å². The van der Waals surface area contributed by atoms with Crippen molar-refractivity contribution in [3.8, 4) is 0 Å². The van der Waals surface area contributed by atoms with Crippen LogP contribution in [0.25, 0.3) is 0 Å². The van der Waals surface area contributed by atoms with E-state index in [1.807, 2.05) is 13.8 Å². The maximum Gasteiger partial charge on any atom is 0.246 e. The molecule has 0 aromatic rings. The largest absolute Gasteiger partial charge is 0.350 e. The van der Waals surface area contributed by atoms with E-state index in [1.54, 1.807) is 4.90 Å². The Bertz CT molecular complexity index is 857. The minimum Gasteiger partial charge on any atom is -0.350 e. The first-order valence-electron chi connectivity index (χ1n) is 14.5. The van der Waals surface area contributed by atoms with Crippen molar-refractivity contribution in [3.05, 3.63) is 12.2 Å². The van der Waals surface area contributed by atoms with Crippen molar-refractivity contribution >= 4 is 24.0 Å². The molecule has 4 unspecified atom stereocenters. The summed E-state index contributed by atoms with van der Waals surface area (Å²) in [6, 6.07) is -1.16. The third-order valence-corrected chi connectivity index (χ3v) is 9.11. The fraction of sp³-hybridized carbons (Fsp3) is 0.800. The highest BCUT2D eigenvalue weighted by Crippen LogP contribution is 2.65. The number of aldehydes is 1. The van der Waals surface area contributed by atoms with Gasteiger partial charge in [-0.05, 0) is 47.8 Å². The number of carbonyl (C=O) groups excluding carboxylic acids is 4. The zero-order valence-corrected chi connectivity index (χ0v) is 23.7. The molecule has 4 aliphatic rings. The van der Waals surface area contributed by atoms with Gasteiger partial charge in [0.15, 0.2) is 0 Å². The lowest BCUT2D eigenvalue weighted by atomic mass is 9.82. The second-order valence-corrected chi connectivity index (χ2v) is 13.0. The first-order valence-corrected chi connectivity index (χ1v) is 14.5. The van der Waals surface area contributed by atoms with Crippen molar-refractivity contribution in [2.45, 2.75) is 104 Å². The number of piperidine rings is 1. The van der Waals surface area contributed by atoms with Crippen molar-refractivity contribution in [1.82, 2.24) is 15.5 Å². The Morgan fingerprint density at radius 3 is 2.19 bits per heavy atom. The molecule has 7 heteroatoms. The molecule has 1 heterocycles. The van der Waals surface area contributed by atoms with Crippen LogP contribution in [0.15, 0.2) is 12.2 Å². The summed E-state index contributed by atoms with van der Waals surface area (Å²) < 4.78 is 0. The van der Waals surface area contributed by atoms with E-state index >= 15 is 0 Å². The normalized spacial score (nSPS) is 27.2. The maximum atomic E-state index is 13.8. The molecule has 0 radical (unpaired) electrons. The molecule has 4 atom stereocenters. The summed E-state index contributed by atoms with van der Waals surface area (Å²) in [6.07, 6.45) is 10.6. The van der Waals surface area contributed by atoms with Gasteiger partial charge >= 0.3 is 0 Å². The Labute approximate surface area is 223 Å². The van der Waals surface area contributed by atoms with Crippen LogP contribution in [0.4, 0.5) is 0 Å². The lowest BCUT2D eigenvalue weighted by molar-refractivity contribution is -0.144. The Balaban J connectivity index is 0.000000678. The predicted octanol–water partition coefficient (Wildman–Crippen LogP) is 4.26. The summed E-state index contributed by atoms with van der Waals surface area (Å²) in [5, 5.41) is 5.83. The zero-order valence-electron chi connectivity index (χ0n) is 23.7. The molecule has 1 saturated heterocycles. The first-order chi connectivity index (χ1) is 17.5. The van der Waals surface area contributed by atoms with Gasteiger partial charge in [-0.1, -0.05) is 79.7 Å². The summed E-state index contributed by atoms with van der Waals surface area (Å²) in [6.45, 7) is 14.8. The summed E-state index contributed by atoms with van der Waals surface area (Å²) >= 11 is 0. The second kappa shape index (κ2) is 12.6. The molecule has 3 aliphatic carbocycles. The van der Waals surface area contributed by atoms with E-state index in [1.165, 1.54) is 19.3 Å². The molecular formula is C30H49N3O4. The SMILES string of the molecule is C=C(C=O)CNC(=O)C1C2C(CN1C(=O)C(NC(=O)CC(C)C)C1CCCCC1)C2(C)C.CC1CCC1. The van der Waals surface area contributed by atoms with E-state index in [-0.39, 0.29) is 53.4 Å².